The molecule has 2 amide bonds. The molecule has 3 aromatic rings. The predicted molar refractivity (Wildman–Crippen MR) is 88.4 cm³/mol. The van der Waals surface area contributed by atoms with E-state index in [1.807, 2.05) is 28.8 Å². The van der Waals surface area contributed by atoms with Crippen LogP contribution >= 0.6 is 0 Å². The van der Waals surface area contributed by atoms with Crippen molar-refractivity contribution < 1.29 is 18.4 Å². The van der Waals surface area contributed by atoms with E-state index >= 15 is 0 Å². The second kappa shape index (κ2) is 7.12. The summed E-state index contributed by atoms with van der Waals surface area (Å²) >= 11 is 0. The van der Waals surface area contributed by atoms with Gasteiger partial charge in [0.15, 0.2) is 0 Å². The zero-order chi connectivity index (χ0) is 17.8. The lowest BCUT2D eigenvalue weighted by Crippen LogP contribution is -2.34. The zero-order valence-electron chi connectivity index (χ0n) is 13.1. The number of aromatic nitrogens is 1. The molecule has 0 unspecified atom stereocenters. The Morgan fingerprint density at radius 1 is 0.960 bits per heavy atom. The number of amides is 2. The lowest BCUT2D eigenvalue weighted by atomic mass is 10.2. The number of carbonyl (C=O) groups is 2. The average molecular weight is 343 g/mol. The van der Waals surface area contributed by atoms with Crippen molar-refractivity contribution in [3.63, 3.8) is 0 Å². The van der Waals surface area contributed by atoms with Crippen LogP contribution in [0.15, 0.2) is 54.9 Å². The summed E-state index contributed by atoms with van der Waals surface area (Å²) < 4.78 is 28.1. The summed E-state index contributed by atoms with van der Waals surface area (Å²) in [5.74, 6) is -2.62. The number of nitrogens with one attached hydrogen (secondary N) is 2. The van der Waals surface area contributed by atoms with E-state index in [1.165, 1.54) is 0 Å². The van der Waals surface area contributed by atoms with E-state index in [2.05, 4.69) is 10.6 Å². The Morgan fingerprint density at radius 3 is 2.44 bits per heavy atom. The largest absolute Gasteiger partial charge is 0.350 e. The maximum absolute atomic E-state index is 13.5. The van der Waals surface area contributed by atoms with Gasteiger partial charge >= 0.3 is 0 Å². The molecule has 0 bridgehead atoms. The maximum Gasteiger partial charge on any atom is 0.254 e. The molecule has 25 heavy (non-hydrogen) atoms. The normalized spacial score (nSPS) is 10.6. The van der Waals surface area contributed by atoms with E-state index in [0.29, 0.717) is 11.6 Å². The molecule has 2 heterocycles. The van der Waals surface area contributed by atoms with Crippen LogP contribution in [0.2, 0.25) is 0 Å². The third-order valence-corrected chi connectivity index (χ3v) is 3.64. The van der Waals surface area contributed by atoms with Crippen LogP contribution in [0.3, 0.4) is 0 Å². The van der Waals surface area contributed by atoms with Crippen LogP contribution in [0, 0.1) is 11.6 Å². The molecule has 2 N–H and O–H groups in total. The Morgan fingerprint density at radius 2 is 1.72 bits per heavy atom. The number of benzene rings is 1. The highest BCUT2D eigenvalue weighted by atomic mass is 19.1. The van der Waals surface area contributed by atoms with Crippen LogP contribution in [0.5, 0.6) is 0 Å². The van der Waals surface area contributed by atoms with Crippen molar-refractivity contribution in [2.75, 3.05) is 13.1 Å². The number of fused-ring (bicyclic) bond motifs is 1. The quantitative estimate of drug-likeness (QED) is 0.699. The molecule has 0 fully saturated rings. The molecule has 0 radical (unpaired) electrons. The van der Waals surface area contributed by atoms with Crippen LogP contribution in [0.25, 0.3) is 5.52 Å². The fraction of sp³-hybridized carbons (Fsp3) is 0.111. The SMILES string of the molecule is O=C(NCCNC(=O)c1ccc(F)cc1F)c1cc2ccccn2c1. The van der Waals surface area contributed by atoms with Crippen molar-refractivity contribution in [2.45, 2.75) is 0 Å². The van der Waals surface area contributed by atoms with Crippen LogP contribution < -0.4 is 10.6 Å². The van der Waals surface area contributed by atoms with E-state index in [1.54, 1.807) is 12.3 Å². The summed E-state index contributed by atoms with van der Waals surface area (Å²) in [6, 6.07) is 10.1. The van der Waals surface area contributed by atoms with Crippen molar-refractivity contribution >= 4 is 17.3 Å². The molecule has 0 atom stereocenters. The molecule has 3 rings (SSSR count). The van der Waals surface area contributed by atoms with E-state index in [-0.39, 0.29) is 24.6 Å². The number of nitrogens with zero attached hydrogens (tertiary/aromatic N) is 1. The fourth-order valence-electron chi connectivity index (χ4n) is 2.40. The Hall–Kier alpha value is -3.22. The first-order chi connectivity index (χ1) is 12.0. The summed E-state index contributed by atoms with van der Waals surface area (Å²) in [5.41, 5.74) is 1.15. The molecular formula is C18H15F2N3O2. The molecule has 5 nitrogen and oxygen atoms in total. The molecule has 0 saturated heterocycles. The zero-order valence-corrected chi connectivity index (χ0v) is 13.1. The van der Waals surface area contributed by atoms with Crippen LogP contribution in [0.1, 0.15) is 20.7 Å². The minimum absolute atomic E-state index is 0.120. The number of carbonyl (C=O) groups excluding carboxylic acids is 2. The number of pyridine rings is 1. The Kier molecular flexibility index (Phi) is 4.74. The van der Waals surface area contributed by atoms with Gasteiger partial charge < -0.3 is 15.0 Å². The summed E-state index contributed by atoms with van der Waals surface area (Å²) in [6.07, 6.45) is 3.54. The van der Waals surface area contributed by atoms with Crippen molar-refractivity contribution in [3.05, 3.63) is 77.6 Å². The Balaban J connectivity index is 1.50. The number of rotatable bonds is 5. The van der Waals surface area contributed by atoms with Crippen molar-refractivity contribution in [3.8, 4) is 0 Å². The van der Waals surface area contributed by atoms with Crippen molar-refractivity contribution in [1.82, 2.24) is 15.0 Å². The van der Waals surface area contributed by atoms with Gasteiger partial charge in [-0.1, -0.05) is 6.07 Å². The van der Waals surface area contributed by atoms with Gasteiger partial charge in [0.25, 0.3) is 11.8 Å². The minimum Gasteiger partial charge on any atom is -0.350 e. The van der Waals surface area contributed by atoms with Gasteiger partial charge in [-0.15, -0.1) is 0 Å². The first kappa shape index (κ1) is 16.6. The highest BCUT2D eigenvalue weighted by Gasteiger charge is 2.12. The van der Waals surface area contributed by atoms with Crippen molar-refractivity contribution in [2.24, 2.45) is 0 Å². The smallest absolute Gasteiger partial charge is 0.254 e. The van der Waals surface area contributed by atoms with Gasteiger partial charge in [-0.05, 0) is 30.3 Å². The molecule has 0 aliphatic carbocycles. The lowest BCUT2D eigenvalue weighted by molar-refractivity contribution is 0.0925. The Bertz CT molecular complexity index is 904. The minimum atomic E-state index is -0.929. The van der Waals surface area contributed by atoms with Crippen LogP contribution in [-0.4, -0.2) is 29.3 Å². The molecule has 7 heteroatoms. The second-order valence-electron chi connectivity index (χ2n) is 5.40. The summed E-state index contributed by atoms with van der Waals surface area (Å²) in [4.78, 5) is 23.9. The summed E-state index contributed by atoms with van der Waals surface area (Å²) in [5, 5.41) is 5.14. The highest BCUT2D eigenvalue weighted by Crippen LogP contribution is 2.10. The van der Waals surface area contributed by atoms with E-state index in [9.17, 15) is 18.4 Å². The predicted octanol–water partition coefficient (Wildman–Crippen LogP) is 2.38. The summed E-state index contributed by atoms with van der Waals surface area (Å²) in [6.45, 7) is 0.300. The monoisotopic (exact) mass is 343 g/mol. The van der Waals surface area contributed by atoms with Gasteiger partial charge in [-0.25, -0.2) is 8.78 Å². The van der Waals surface area contributed by atoms with E-state index in [4.69, 9.17) is 0 Å². The van der Waals surface area contributed by atoms with Gasteiger partial charge in [0.1, 0.15) is 11.6 Å². The number of hydrogen-bond acceptors (Lipinski definition) is 2. The standard InChI is InChI=1S/C18H15F2N3O2/c19-13-4-5-15(16(20)10-13)18(25)22-7-6-21-17(24)12-9-14-3-1-2-8-23(14)11-12/h1-5,8-11H,6-7H2,(H,21,24)(H,22,25). The third kappa shape index (κ3) is 3.82. The molecule has 1 aromatic carbocycles. The highest BCUT2D eigenvalue weighted by molar-refractivity contribution is 5.96. The van der Waals surface area contributed by atoms with Gasteiger partial charge in [0.05, 0.1) is 11.1 Å². The first-order valence-electron chi connectivity index (χ1n) is 7.63. The van der Waals surface area contributed by atoms with E-state index < -0.39 is 17.5 Å². The molecular weight excluding hydrogens is 328 g/mol. The fourth-order valence-corrected chi connectivity index (χ4v) is 2.40. The molecule has 0 saturated carbocycles. The van der Waals surface area contributed by atoms with Gasteiger partial charge in [-0.2, -0.15) is 0 Å². The molecule has 0 aliphatic rings. The topological polar surface area (TPSA) is 62.6 Å². The summed E-state index contributed by atoms with van der Waals surface area (Å²) in [7, 11) is 0. The molecule has 2 aromatic heterocycles. The van der Waals surface area contributed by atoms with Crippen LogP contribution in [0.4, 0.5) is 8.78 Å². The Labute approximate surface area is 142 Å². The van der Waals surface area contributed by atoms with Crippen molar-refractivity contribution in [1.29, 1.82) is 0 Å². The van der Waals surface area contributed by atoms with Crippen LogP contribution in [-0.2, 0) is 0 Å². The van der Waals surface area contributed by atoms with Gasteiger partial charge in [-0.3, -0.25) is 9.59 Å². The molecule has 0 aliphatic heterocycles. The molecule has 128 valence electrons. The van der Waals surface area contributed by atoms with Gasteiger partial charge in [0, 0.05) is 37.1 Å². The molecule has 0 spiro atoms. The number of hydrogen-bond donors (Lipinski definition) is 2. The lowest BCUT2D eigenvalue weighted by Gasteiger charge is -2.07. The third-order valence-electron chi connectivity index (χ3n) is 3.64. The first-order valence-corrected chi connectivity index (χ1v) is 7.63. The number of halogens is 2. The second-order valence-corrected chi connectivity index (χ2v) is 5.40. The maximum atomic E-state index is 13.5. The average Bonchev–Trinajstić information content (AvgIpc) is 3.02. The van der Waals surface area contributed by atoms with Gasteiger partial charge in [0.2, 0.25) is 0 Å². The van der Waals surface area contributed by atoms with E-state index in [0.717, 1.165) is 17.6 Å².